The fourth-order valence-corrected chi connectivity index (χ4v) is 2.90. The predicted molar refractivity (Wildman–Crippen MR) is 116 cm³/mol. The van der Waals surface area contributed by atoms with Crippen LogP contribution in [0.3, 0.4) is 0 Å². The second kappa shape index (κ2) is 16.4. The van der Waals surface area contributed by atoms with E-state index in [-0.39, 0.29) is 24.0 Å². The predicted octanol–water partition coefficient (Wildman–Crippen LogP) is 2.90. The van der Waals surface area contributed by atoms with Crippen molar-refractivity contribution < 1.29 is 0 Å². The number of nitrogens with one attached hydrogen (secondary N) is 1. The first-order valence-electron chi connectivity index (χ1n) is 9.67. The van der Waals surface area contributed by atoms with Crippen LogP contribution in [0.25, 0.3) is 0 Å². The molecular formula is C18H40IN5. The van der Waals surface area contributed by atoms with E-state index in [1.807, 2.05) is 0 Å². The van der Waals surface area contributed by atoms with Crippen LogP contribution in [-0.2, 0) is 0 Å². The number of likely N-dealkylation sites (N-methyl/N-ethyl adjacent to an activating group) is 1. The van der Waals surface area contributed by atoms with Gasteiger partial charge in [0.25, 0.3) is 0 Å². The van der Waals surface area contributed by atoms with Crippen molar-refractivity contribution >= 4 is 29.9 Å². The van der Waals surface area contributed by atoms with Gasteiger partial charge in [-0.2, -0.15) is 0 Å². The van der Waals surface area contributed by atoms with Crippen LogP contribution < -0.4 is 11.1 Å². The zero-order valence-electron chi connectivity index (χ0n) is 15.9. The van der Waals surface area contributed by atoms with Crippen molar-refractivity contribution in [2.24, 2.45) is 10.7 Å². The molecule has 0 unspecified atom stereocenters. The minimum atomic E-state index is 0. The van der Waals surface area contributed by atoms with Crippen LogP contribution in [0.5, 0.6) is 0 Å². The smallest absolute Gasteiger partial charge is 0.188 e. The van der Waals surface area contributed by atoms with Crippen molar-refractivity contribution in [3.8, 4) is 0 Å². The van der Waals surface area contributed by atoms with Gasteiger partial charge in [0.15, 0.2) is 5.96 Å². The topological polar surface area (TPSA) is 56.9 Å². The highest BCUT2D eigenvalue weighted by Gasteiger charge is 2.12. The largest absolute Gasteiger partial charge is 0.370 e. The lowest BCUT2D eigenvalue weighted by atomic mass is 10.1. The Morgan fingerprint density at radius 2 is 1.62 bits per heavy atom. The maximum Gasteiger partial charge on any atom is 0.188 e. The van der Waals surface area contributed by atoms with Crippen LogP contribution >= 0.6 is 24.0 Å². The van der Waals surface area contributed by atoms with Crippen LogP contribution in [0.2, 0.25) is 0 Å². The molecule has 6 heteroatoms. The van der Waals surface area contributed by atoms with E-state index in [0.717, 1.165) is 19.5 Å². The van der Waals surface area contributed by atoms with Gasteiger partial charge in [0.2, 0.25) is 0 Å². The molecule has 144 valence electrons. The van der Waals surface area contributed by atoms with E-state index in [1.54, 1.807) is 0 Å². The molecule has 0 aliphatic carbocycles. The van der Waals surface area contributed by atoms with E-state index in [4.69, 9.17) is 5.73 Å². The third-order valence-electron chi connectivity index (χ3n) is 4.60. The molecule has 5 nitrogen and oxygen atoms in total. The number of nitrogens with zero attached hydrogens (tertiary/aromatic N) is 3. The summed E-state index contributed by atoms with van der Waals surface area (Å²) in [4.78, 5) is 9.37. The van der Waals surface area contributed by atoms with E-state index in [9.17, 15) is 0 Å². The number of hydrogen-bond acceptors (Lipinski definition) is 3. The monoisotopic (exact) mass is 453 g/mol. The molecule has 3 N–H and O–H groups in total. The second-order valence-corrected chi connectivity index (χ2v) is 6.81. The summed E-state index contributed by atoms with van der Waals surface area (Å²) in [7, 11) is 2.20. The molecule has 1 rings (SSSR count). The molecule has 1 aliphatic heterocycles. The number of aliphatic imine (C=N–C) groups is 1. The minimum Gasteiger partial charge on any atom is -0.370 e. The molecule has 1 heterocycles. The molecule has 0 aromatic rings. The second-order valence-electron chi connectivity index (χ2n) is 6.81. The van der Waals surface area contributed by atoms with E-state index in [0.29, 0.717) is 5.96 Å². The zero-order chi connectivity index (χ0) is 16.8. The number of unbranched alkanes of at least 4 members (excludes halogenated alkanes) is 6. The summed E-state index contributed by atoms with van der Waals surface area (Å²) in [6.07, 6.45) is 10.2. The lowest BCUT2D eigenvalue weighted by Crippen LogP contribution is -2.44. The Bertz CT molecular complexity index is 304. The third kappa shape index (κ3) is 13.2. The molecular weight excluding hydrogens is 413 g/mol. The summed E-state index contributed by atoms with van der Waals surface area (Å²) in [6, 6.07) is 0. The standard InChI is InChI=1S/C18H39N5.HI/c1-3-4-5-6-7-8-11-20-18(19)21-12-9-10-13-23-16-14-22(2)15-17-23;/h3-17H2,1-2H3,(H3,19,20,21);1H. The maximum atomic E-state index is 5.90. The van der Waals surface area contributed by atoms with Gasteiger partial charge in [0.1, 0.15) is 0 Å². The molecule has 0 atom stereocenters. The van der Waals surface area contributed by atoms with Gasteiger partial charge >= 0.3 is 0 Å². The molecule has 0 spiro atoms. The molecule has 0 bridgehead atoms. The van der Waals surface area contributed by atoms with Crippen LogP contribution in [0.1, 0.15) is 58.3 Å². The Kier molecular flexibility index (Phi) is 16.3. The molecule has 1 fully saturated rings. The number of rotatable bonds is 12. The summed E-state index contributed by atoms with van der Waals surface area (Å²) in [5.41, 5.74) is 5.90. The highest BCUT2D eigenvalue weighted by molar-refractivity contribution is 14.0. The number of halogens is 1. The van der Waals surface area contributed by atoms with Gasteiger partial charge in [-0.3, -0.25) is 4.99 Å². The highest BCUT2D eigenvalue weighted by atomic mass is 127. The number of nitrogens with two attached hydrogens (primary N) is 1. The summed E-state index contributed by atoms with van der Waals surface area (Å²) in [5, 5.41) is 3.24. The van der Waals surface area contributed by atoms with Gasteiger partial charge in [-0.25, -0.2) is 0 Å². The third-order valence-corrected chi connectivity index (χ3v) is 4.60. The Labute approximate surface area is 166 Å². The lowest BCUT2D eigenvalue weighted by Gasteiger charge is -2.32. The minimum absolute atomic E-state index is 0. The number of piperazine rings is 1. The van der Waals surface area contributed by atoms with E-state index in [1.165, 1.54) is 77.7 Å². The molecule has 0 saturated carbocycles. The molecule has 0 radical (unpaired) electrons. The Balaban J connectivity index is 0.00000529. The molecule has 0 aromatic heterocycles. The Morgan fingerprint density at radius 3 is 2.33 bits per heavy atom. The fourth-order valence-electron chi connectivity index (χ4n) is 2.90. The van der Waals surface area contributed by atoms with Gasteiger partial charge in [-0.15, -0.1) is 24.0 Å². The summed E-state index contributed by atoms with van der Waals surface area (Å²) >= 11 is 0. The quantitative estimate of drug-likeness (QED) is 0.207. The Morgan fingerprint density at radius 1 is 0.958 bits per heavy atom. The average Bonchev–Trinajstić information content (AvgIpc) is 2.55. The summed E-state index contributed by atoms with van der Waals surface area (Å²) in [5.74, 6) is 0.623. The van der Waals surface area contributed by atoms with E-state index in [2.05, 4.69) is 34.1 Å². The first-order valence-corrected chi connectivity index (χ1v) is 9.67. The van der Waals surface area contributed by atoms with Gasteiger partial charge in [0, 0.05) is 39.3 Å². The highest BCUT2D eigenvalue weighted by Crippen LogP contribution is 2.04. The van der Waals surface area contributed by atoms with Crippen molar-refractivity contribution in [2.75, 3.05) is 52.9 Å². The average molecular weight is 453 g/mol. The molecule has 0 aromatic carbocycles. The maximum absolute atomic E-state index is 5.90. The van der Waals surface area contributed by atoms with Crippen molar-refractivity contribution in [2.45, 2.75) is 58.3 Å². The summed E-state index contributed by atoms with van der Waals surface area (Å²) in [6.45, 7) is 10.1. The molecule has 0 amide bonds. The summed E-state index contributed by atoms with van der Waals surface area (Å²) < 4.78 is 0. The number of guanidine groups is 1. The molecule has 1 aliphatic rings. The SMILES string of the molecule is CCCCCCCCN=C(N)NCCCCN1CCN(C)CC1.I. The normalized spacial score (nSPS) is 16.8. The van der Waals surface area contributed by atoms with E-state index >= 15 is 0 Å². The van der Waals surface area contributed by atoms with Gasteiger partial charge in [-0.1, -0.05) is 39.0 Å². The first-order chi connectivity index (χ1) is 11.2. The van der Waals surface area contributed by atoms with Crippen molar-refractivity contribution in [3.05, 3.63) is 0 Å². The van der Waals surface area contributed by atoms with Crippen LogP contribution in [0, 0.1) is 0 Å². The van der Waals surface area contributed by atoms with Crippen LogP contribution in [-0.4, -0.2) is 68.6 Å². The molecule has 24 heavy (non-hydrogen) atoms. The number of hydrogen-bond donors (Lipinski definition) is 2. The van der Waals surface area contributed by atoms with Gasteiger partial charge in [-0.05, 0) is 32.9 Å². The van der Waals surface area contributed by atoms with Gasteiger partial charge in [0.05, 0.1) is 0 Å². The molecule has 1 saturated heterocycles. The van der Waals surface area contributed by atoms with Crippen molar-refractivity contribution in [1.82, 2.24) is 15.1 Å². The zero-order valence-corrected chi connectivity index (χ0v) is 18.3. The fraction of sp³-hybridized carbons (Fsp3) is 0.944. The lowest BCUT2D eigenvalue weighted by molar-refractivity contribution is 0.152. The van der Waals surface area contributed by atoms with Gasteiger partial charge < -0.3 is 20.9 Å². The van der Waals surface area contributed by atoms with Crippen molar-refractivity contribution in [3.63, 3.8) is 0 Å². The Hall–Kier alpha value is -0.0800. The van der Waals surface area contributed by atoms with Crippen LogP contribution in [0.4, 0.5) is 0 Å². The van der Waals surface area contributed by atoms with Crippen molar-refractivity contribution in [1.29, 1.82) is 0 Å². The first kappa shape index (κ1) is 23.9. The van der Waals surface area contributed by atoms with Crippen LogP contribution in [0.15, 0.2) is 4.99 Å². The van der Waals surface area contributed by atoms with E-state index < -0.39 is 0 Å².